The Labute approximate surface area is 85.3 Å². The zero-order valence-electron chi connectivity index (χ0n) is 8.72. The van der Waals surface area contributed by atoms with Crippen LogP contribution in [0.1, 0.15) is 41.5 Å². The summed E-state index contributed by atoms with van der Waals surface area (Å²) >= 11 is 6.68. The first-order valence-corrected chi connectivity index (χ1v) is 5.25. The van der Waals surface area contributed by atoms with E-state index in [4.69, 9.17) is 17.0 Å². The second kappa shape index (κ2) is 3.97. The van der Waals surface area contributed by atoms with Crippen LogP contribution in [-0.4, -0.2) is 14.7 Å². The second-order valence-corrected chi connectivity index (χ2v) is 7.11. The van der Waals surface area contributed by atoms with E-state index in [9.17, 15) is 0 Å². The minimum atomic E-state index is -0.171. The molecule has 0 aliphatic carbocycles. The van der Waals surface area contributed by atoms with Gasteiger partial charge < -0.3 is 4.74 Å². The first-order chi connectivity index (χ1) is 5.10. The molecule has 0 heterocycles. The Hall–Kier alpha value is 0.240. The van der Waals surface area contributed by atoms with Crippen molar-refractivity contribution in [3.63, 3.8) is 0 Å². The van der Waals surface area contributed by atoms with Crippen molar-refractivity contribution in [1.29, 1.82) is 0 Å². The molecular formula is C9H18OS2. The highest BCUT2D eigenvalue weighted by molar-refractivity contribution is 8.23. The average Bonchev–Trinajstić information content (AvgIpc) is 1.49. The van der Waals surface area contributed by atoms with Gasteiger partial charge in [-0.1, -0.05) is 32.5 Å². The summed E-state index contributed by atoms with van der Waals surface area (Å²) in [6.07, 6.45) is 0. The molecule has 0 bridgehead atoms. The van der Waals surface area contributed by atoms with E-state index >= 15 is 0 Å². The number of thioether (sulfide) groups is 1. The highest BCUT2D eigenvalue weighted by atomic mass is 32.2. The minimum Gasteiger partial charge on any atom is -0.473 e. The molecule has 12 heavy (non-hydrogen) atoms. The first kappa shape index (κ1) is 12.2. The van der Waals surface area contributed by atoms with Crippen LogP contribution in [0.5, 0.6) is 0 Å². The van der Waals surface area contributed by atoms with Crippen LogP contribution < -0.4 is 0 Å². The van der Waals surface area contributed by atoms with Gasteiger partial charge in [-0.05, 0) is 33.0 Å². The topological polar surface area (TPSA) is 9.23 Å². The molecule has 0 amide bonds. The van der Waals surface area contributed by atoms with Gasteiger partial charge in [0.05, 0.1) is 0 Å². The fourth-order valence-electron chi connectivity index (χ4n) is 0.521. The van der Waals surface area contributed by atoms with Crippen molar-refractivity contribution in [2.24, 2.45) is 0 Å². The quantitative estimate of drug-likeness (QED) is 0.560. The van der Waals surface area contributed by atoms with Crippen LogP contribution in [0.15, 0.2) is 0 Å². The molecule has 0 fully saturated rings. The molecule has 0 N–H and O–H groups in total. The van der Waals surface area contributed by atoms with E-state index in [0.29, 0.717) is 4.38 Å². The maximum atomic E-state index is 5.51. The number of ether oxygens (including phenoxy) is 1. The third-order valence-electron chi connectivity index (χ3n) is 0.779. The lowest BCUT2D eigenvalue weighted by Gasteiger charge is -2.24. The van der Waals surface area contributed by atoms with Crippen molar-refractivity contribution in [2.45, 2.75) is 51.9 Å². The Morgan fingerprint density at radius 2 is 1.50 bits per heavy atom. The van der Waals surface area contributed by atoms with Crippen LogP contribution in [-0.2, 0) is 4.74 Å². The van der Waals surface area contributed by atoms with Crippen LogP contribution in [0.4, 0.5) is 0 Å². The predicted octanol–water partition coefficient (Wildman–Crippen LogP) is 3.62. The van der Waals surface area contributed by atoms with E-state index in [1.165, 1.54) is 0 Å². The molecular weight excluding hydrogens is 188 g/mol. The number of hydrogen-bond donors (Lipinski definition) is 0. The molecule has 0 saturated carbocycles. The number of hydrogen-bond acceptors (Lipinski definition) is 3. The zero-order chi connectivity index (χ0) is 9.99. The number of rotatable bonds is 0. The molecule has 0 aromatic rings. The normalized spacial score (nSPS) is 12.8. The summed E-state index contributed by atoms with van der Waals surface area (Å²) in [5.41, 5.74) is -0.171. The molecule has 0 saturated heterocycles. The molecule has 72 valence electrons. The summed E-state index contributed by atoms with van der Waals surface area (Å²) < 4.78 is 6.28. The third kappa shape index (κ3) is 8.34. The molecule has 0 unspecified atom stereocenters. The molecule has 0 radical (unpaired) electrons. The van der Waals surface area contributed by atoms with Crippen LogP contribution in [0.2, 0.25) is 0 Å². The summed E-state index contributed by atoms with van der Waals surface area (Å²) in [5.74, 6) is 0. The van der Waals surface area contributed by atoms with Crippen molar-refractivity contribution in [1.82, 2.24) is 0 Å². The highest BCUT2D eigenvalue weighted by Gasteiger charge is 2.19. The van der Waals surface area contributed by atoms with E-state index in [0.717, 1.165) is 0 Å². The van der Waals surface area contributed by atoms with Crippen molar-refractivity contribution in [3.05, 3.63) is 0 Å². The fourth-order valence-corrected chi connectivity index (χ4v) is 2.31. The maximum Gasteiger partial charge on any atom is 0.221 e. The predicted molar refractivity (Wildman–Crippen MR) is 60.8 cm³/mol. The molecule has 0 spiro atoms. The minimum absolute atomic E-state index is 0.141. The smallest absolute Gasteiger partial charge is 0.221 e. The standard InChI is InChI=1S/C9H18OS2/c1-8(2,3)10-7(11)12-9(4,5)6/h1-6H3. The Morgan fingerprint density at radius 1 is 1.08 bits per heavy atom. The van der Waals surface area contributed by atoms with E-state index < -0.39 is 0 Å². The Morgan fingerprint density at radius 3 is 1.75 bits per heavy atom. The van der Waals surface area contributed by atoms with Crippen LogP contribution >= 0.6 is 24.0 Å². The van der Waals surface area contributed by atoms with Crippen molar-refractivity contribution < 1.29 is 4.74 Å². The molecule has 1 nitrogen and oxygen atoms in total. The summed E-state index contributed by atoms with van der Waals surface area (Å²) in [6, 6.07) is 0. The van der Waals surface area contributed by atoms with Crippen molar-refractivity contribution >= 4 is 28.4 Å². The van der Waals surface area contributed by atoms with Crippen molar-refractivity contribution in [2.75, 3.05) is 0 Å². The molecule has 0 aliphatic heterocycles. The lowest BCUT2D eigenvalue weighted by atomic mass is 10.2. The van der Waals surface area contributed by atoms with Gasteiger partial charge in [-0.2, -0.15) is 0 Å². The van der Waals surface area contributed by atoms with Gasteiger partial charge in [0.15, 0.2) is 0 Å². The summed E-state index contributed by atoms with van der Waals surface area (Å²) in [5, 5.41) is 0. The number of thiocarbonyl (C=S) groups is 1. The highest BCUT2D eigenvalue weighted by Crippen LogP contribution is 2.27. The monoisotopic (exact) mass is 206 g/mol. The van der Waals surface area contributed by atoms with Gasteiger partial charge in [0, 0.05) is 4.75 Å². The van der Waals surface area contributed by atoms with E-state index in [-0.39, 0.29) is 10.3 Å². The van der Waals surface area contributed by atoms with Gasteiger partial charge in [-0.25, -0.2) is 0 Å². The van der Waals surface area contributed by atoms with Crippen LogP contribution in [0.3, 0.4) is 0 Å². The van der Waals surface area contributed by atoms with Gasteiger partial charge in [-0.15, -0.1) is 0 Å². The summed E-state index contributed by atoms with van der Waals surface area (Å²) in [4.78, 5) is 0. The Kier molecular flexibility index (Phi) is 4.04. The van der Waals surface area contributed by atoms with Gasteiger partial charge >= 0.3 is 0 Å². The van der Waals surface area contributed by atoms with E-state index in [2.05, 4.69) is 20.8 Å². The van der Waals surface area contributed by atoms with Gasteiger partial charge in [0.25, 0.3) is 0 Å². The Balaban J connectivity index is 3.92. The first-order valence-electron chi connectivity index (χ1n) is 4.02. The Bertz CT molecular complexity index is 144. The molecule has 0 aliphatic rings. The summed E-state index contributed by atoms with van der Waals surface area (Å²) in [6.45, 7) is 12.4. The fraction of sp³-hybridized carbons (Fsp3) is 0.889. The average molecular weight is 206 g/mol. The molecule has 0 rings (SSSR count). The molecule has 0 atom stereocenters. The van der Waals surface area contributed by atoms with E-state index in [1.54, 1.807) is 11.8 Å². The van der Waals surface area contributed by atoms with E-state index in [1.807, 2.05) is 20.8 Å². The largest absolute Gasteiger partial charge is 0.473 e. The summed E-state index contributed by atoms with van der Waals surface area (Å²) in [7, 11) is 0. The maximum absolute atomic E-state index is 5.51. The van der Waals surface area contributed by atoms with Crippen molar-refractivity contribution in [3.8, 4) is 0 Å². The van der Waals surface area contributed by atoms with Gasteiger partial charge in [-0.3, -0.25) is 0 Å². The molecule has 3 heteroatoms. The SMILES string of the molecule is CC(C)(C)OC(=S)SC(C)(C)C. The van der Waals surface area contributed by atoms with Crippen LogP contribution in [0.25, 0.3) is 0 Å². The zero-order valence-corrected chi connectivity index (χ0v) is 10.4. The third-order valence-corrected chi connectivity index (χ3v) is 1.97. The molecule has 0 aromatic heterocycles. The van der Waals surface area contributed by atoms with Gasteiger partial charge in [0.2, 0.25) is 4.38 Å². The lowest BCUT2D eigenvalue weighted by molar-refractivity contribution is 0.127. The molecule has 0 aromatic carbocycles. The van der Waals surface area contributed by atoms with Gasteiger partial charge in [0.1, 0.15) is 5.60 Å². The second-order valence-electron chi connectivity index (χ2n) is 4.68. The lowest BCUT2D eigenvalue weighted by Crippen LogP contribution is -2.23. The van der Waals surface area contributed by atoms with Crippen LogP contribution in [0, 0.1) is 0 Å².